The molecule has 0 saturated carbocycles. The Morgan fingerprint density at radius 2 is 1.95 bits per heavy atom. The van der Waals surface area contributed by atoms with Crippen molar-refractivity contribution in [1.82, 2.24) is 15.5 Å². The first-order valence-corrected chi connectivity index (χ1v) is 7.79. The third-order valence-electron chi connectivity index (χ3n) is 2.77. The zero-order valence-corrected chi connectivity index (χ0v) is 13.0. The molecule has 5 heteroatoms. The Morgan fingerprint density at radius 1 is 1.20 bits per heavy atom. The number of nitrogens with zero attached hydrogens (tertiary/aromatic N) is 2. The molecule has 0 aliphatic heterocycles. The SMILES string of the molecule is CCOc1ccc(-c2nnc(CCNC(C)C)s2)cc1. The summed E-state index contributed by atoms with van der Waals surface area (Å²) in [6.07, 6.45) is 0.923. The quantitative estimate of drug-likeness (QED) is 0.851. The summed E-state index contributed by atoms with van der Waals surface area (Å²) < 4.78 is 5.44. The number of aromatic nitrogens is 2. The van der Waals surface area contributed by atoms with Crippen molar-refractivity contribution >= 4 is 11.3 Å². The van der Waals surface area contributed by atoms with Gasteiger partial charge in [0.25, 0.3) is 0 Å². The summed E-state index contributed by atoms with van der Waals surface area (Å²) in [5.74, 6) is 0.891. The molecule has 2 aromatic rings. The Hall–Kier alpha value is -1.46. The molecule has 1 aromatic carbocycles. The monoisotopic (exact) mass is 291 g/mol. The van der Waals surface area contributed by atoms with E-state index in [2.05, 4.69) is 29.4 Å². The van der Waals surface area contributed by atoms with Gasteiger partial charge in [0.2, 0.25) is 0 Å². The van der Waals surface area contributed by atoms with Gasteiger partial charge in [-0.3, -0.25) is 0 Å². The molecule has 2 rings (SSSR count). The van der Waals surface area contributed by atoms with Crippen molar-refractivity contribution in [3.05, 3.63) is 29.3 Å². The van der Waals surface area contributed by atoms with Crippen LogP contribution in [0.25, 0.3) is 10.6 Å². The van der Waals surface area contributed by atoms with E-state index in [0.717, 1.165) is 34.3 Å². The Kier molecular flexibility index (Phi) is 5.49. The van der Waals surface area contributed by atoms with Crippen LogP contribution in [-0.2, 0) is 6.42 Å². The molecule has 0 amide bonds. The molecule has 4 nitrogen and oxygen atoms in total. The number of hydrogen-bond donors (Lipinski definition) is 1. The lowest BCUT2D eigenvalue weighted by molar-refractivity contribution is 0.340. The minimum absolute atomic E-state index is 0.508. The third kappa shape index (κ3) is 4.28. The molecule has 0 atom stereocenters. The average Bonchev–Trinajstić information content (AvgIpc) is 2.88. The Bertz CT molecular complexity index is 522. The Balaban J connectivity index is 1.97. The van der Waals surface area contributed by atoms with Crippen molar-refractivity contribution in [1.29, 1.82) is 0 Å². The van der Waals surface area contributed by atoms with Gasteiger partial charge in [0, 0.05) is 24.6 Å². The van der Waals surface area contributed by atoms with E-state index in [4.69, 9.17) is 4.74 Å². The normalized spacial score (nSPS) is 11.0. The largest absolute Gasteiger partial charge is 0.494 e. The molecule has 0 unspecified atom stereocenters. The van der Waals surface area contributed by atoms with Gasteiger partial charge >= 0.3 is 0 Å². The van der Waals surface area contributed by atoms with Crippen molar-refractivity contribution in [3.8, 4) is 16.3 Å². The maximum absolute atomic E-state index is 5.44. The van der Waals surface area contributed by atoms with Gasteiger partial charge in [-0.2, -0.15) is 0 Å². The molecular weight excluding hydrogens is 270 g/mol. The van der Waals surface area contributed by atoms with Crippen LogP contribution >= 0.6 is 11.3 Å². The van der Waals surface area contributed by atoms with E-state index in [-0.39, 0.29) is 0 Å². The highest BCUT2D eigenvalue weighted by molar-refractivity contribution is 7.14. The fourth-order valence-electron chi connectivity index (χ4n) is 1.80. The number of ether oxygens (including phenoxy) is 1. The van der Waals surface area contributed by atoms with Crippen molar-refractivity contribution in [2.24, 2.45) is 0 Å². The van der Waals surface area contributed by atoms with Crippen LogP contribution < -0.4 is 10.1 Å². The fourth-order valence-corrected chi connectivity index (χ4v) is 2.64. The van der Waals surface area contributed by atoms with Gasteiger partial charge in [0.1, 0.15) is 15.8 Å². The molecule has 0 fully saturated rings. The van der Waals surface area contributed by atoms with Crippen LogP contribution in [0.2, 0.25) is 0 Å². The van der Waals surface area contributed by atoms with Gasteiger partial charge in [-0.05, 0) is 31.2 Å². The highest BCUT2D eigenvalue weighted by Gasteiger charge is 2.07. The molecule has 1 aromatic heterocycles. The number of rotatable bonds is 7. The molecule has 108 valence electrons. The Morgan fingerprint density at radius 3 is 2.60 bits per heavy atom. The smallest absolute Gasteiger partial charge is 0.147 e. The summed E-state index contributed by atoms with van der Waals surface area (Å²) in [5.41, 5.74) is 1.09. The summed E-state index contributed by atoms with van der Waals surface area (Å²) in [6.45, 7) is 7.90. The second kappa shape index (κ2) is 7.36. The molecule has 1 N–H and O–H groups in total. The van der Waals surface area contributed by atoms with E-state index in [1.54, 1.807) is 11.3 Å². The van der Waals surface area contributed by atoms with Crippen LogP contribution in [-0.4, -0.2) is 29.4 Å². The first-order chi connectivity index (χ1) is 9.69. The standard InChI is InChI=1S/C15H21N3OS/c1-4-19-13-7-5-12(6-8-13)15-18-17-14(20-15)9-10-16-11(2)3/h5-8,11,16H,4,9-10H2,1-3H3. The van der Waals surface area contributed by atoms with Crippen LogP contribution in [0, 0.1) is 0 Å². The van der Waals surface area contributed by atoms with Crippen LogP contribution in [0.3, 0.4) is 0 Å². The lowest BCUT2D eigenvalue weighted by atomic mass is 10.2. The van der Waals surface area contributed by atoms with Crippen LogP contribution in [0.1, 0.15) is 25.8 Å². The summed E-state index contributed by atoms with van der Waals surface area (Å²) in [6, 6.07) is 8.51. The van der Waals surface area contributed by atoms with Gasteiger partial charge in [-0.25, -0.2) is 0 Å². The number of hydrogen-bond acceptors (Lipinski definition) is 5. The van der Waals surface area contributed by atoms with Gasteiger partial charge in [0.15, 0.2) is 0 Å². The Labute approximate surface area is 124 Å². The lowest BCUT2D eigenvalue weighted by Gasteiger charge is -2.05. The summed E-state index contributed by atoms with van der Waals surface area (Å²) >= 11 is 1.65. The van der Waals surface area contributed by atoms with Gasteiger partial charge in [-0.15, -0.1) is 10.2 Å². The maximum Gasteiger partial charge on any atom is 0.147 e. The van der Waals surface area contributed by atoms with Crippen molar-refractivity contribution in [3.63, 3.8) is 0 Å². The lowest BCUT2D eigenvalue weighted by Crippen LogP contribution is -2.24. The van der Waals surface area contributed by atoms with Gasteiger partial charge in [0.05, 0.1) is 6.61 Å². The summed E-state index contributed by atoms with van der Waals surface area (Å²) in [7, 11) is 0. The minimum atomic E-state index is 0.508. The highest BCUT2D eigenvalue weighted by Crippen LogP contribution is 2.25. The van der Waals surface area contributed by atoms with E-state index in [0.29, 0.717) is 12.6 Å². The van der Waals surface area contributed by atoms with Crippen molar-refractivity contribution < 1.29 is 4.74 Å². The van der Waals surface area contributed by atoms with Crippen LogP contribution in [0.4, 0.5) is 0 Å². The second-order valence-corrected chi connectivity index (χ2v) is 5.88. The molecule has 0 bridgehead atoms. The average molecular weight is 291 g/mol. The fraction of sp³-hybridized carbons (Fsp3) is 0.467. The number of nitrogens with one attached hydrogen (secondary N) is 1. The highest BCUT2D eigenvalue weighted by atomic mass is 32.1. The maximum atomic E-state index is 5.44. The second-order valence-electron chi connectivity index (χ2n) is 4.82. The minimum Gasteiger partial charge on any atom is -0.494 e. The van der Waals surface area contributed by atoms with E-state index in [1.807, 2.05) is 31.2 Å². The predicted molar refractivity (Wildman–Crippen MR) is 83.4 cm³/mol. The summed E-state index contributed by atoms with van der Waals surface area (Å²) in [4.78, 5) is 0. The topological polar surface area (TPSA) is 47.0 Å². The van der Waals surface area contributed by atoms with Crippen molar-refractivity contribution in [2.75, 3.05) is 13.2 Å². The molecule has 0 radical (unpaired) electrons. The first kappa shape index (κ1) is 14.9. The van der Waals surface area contributed by atoms with Gasteiger partial charge in [-0.1, -0.05) is 25.2 Å². The molecule has 0 spiro atoms. The molecule has 0 saturated heterocycles. The number of benzene rings is 1. The van der Waals surface area contributed by atoms with E-state index in [1.165, 1.54) is 0 Å². The first-order valence-electron chi connectivity index (χ1n) is 6.98. The molecule has 0 aliphatic carbocycles. The van der Waals surface area contributed by atoms with Crippen LogP contribution in [0.5, 0.6) is 5.75 Å². The van der Waals surface area contributed by atoms with E-state index >= 15 is 0 Å². The predicted octanol–water partition coefficient (Wildman–Crippen LogP) is 3.14. The summed E-state index contributed by atoms with van der Waals surface area (Å²) in [5, 5.41) is 13.9. The van der Waals surface area contributed by atoms with E-state index < -0.39 is 0 Å². The zero-order chi connectivity index (χ0) is 14.4. The molecule has 1 heterocycles. The zero-order valence-electron chi connectivity index (χ0n) is 12.2. The molecular formula is C15H21N3OS. The van der Waals surface area contributed by atoms with Crippen molar-refractivity contribution in [2.45, 2.75) is 33.2 Å². The van der Waals surface area contributed by atoms with E-state index in [9.17, 15) is 0 Å². The molecule has 20 heavy (non-hydrogen) atoms. The third-order valence-corrected chi connectivity index (χ3v) is 3.80. The van der Waals surface area contributed by atoms with Gasteiger partial charge < -0.3 is 10.1 Å². The molecule has 0 aliphatic rings. The van der Waals surface area contributed by atoms with Crippen LogP contribution in [0.15, 0.2) is 24.3 Å².